The molecule has 3 rings (SSSR count). The first kappa shape index (κ1) is 16.4. The van der Waals surface area contributed by atoms with Crippen LogP contribution in [0, 0.1) is 0 Å². The molecule has 1 amide bonds. The number of nitrogens with two attached hydrogens (primary N) is 1. The topological polar surface area (TPSA) is 94.5 Å². The van der Waals surface area contributed by atoms with E-state index >= 15 is 0 Å². The molecule has 0 unspecified atom stereocenters. The number of aromatic nitrogens is 2. The molecule has 0 aliphatic carbocycles. The molecule has 0 saturated carbocycles. The number of nitrogens with zero attached hydrogens (tertiary/aromatic N) is 3. The van der Waals surface area contributed by atoms with Crippen LogP contribution in [-0.2, 0) is 11.3 Å². The first-order valence-corrected chi connectivity index (χ1v) is 6.78. The number of benzene rings is 1. The van der Waals surface area contributed by atoms with Crippen LogP contribution in [0.4, 0.5) is 0 Å². The van der Waals surface area contributed by atoms with Crippen LogP contribution < -0.4 is 5.73 Å². The summed E-state index contributed by atoms with van der Waals surface area (Å²) >= 11 is 0. The molecule has 1 saturated heterocycles. The molecule has 0 radical (unpaired) electrons. The van der Waals surface area contributed by atoms with E-state index in [1.54, 1.807) is 17.0 Å². The van der Waals surface area contributed by atoms with Gasteiger partial charge in [-0.05, 0) is 12.1 Å². The van der Waals surface area contributed by atoms with Gasteiger partial charge < -0.3 is 19.9 Å². The Bertz CT molecular complexity index is 641. The van der Waals surface area contributed by atoms with Crippen molar-refractivity contribution >= 4 is 18.3 Å². The third kappa shape index (κ3) is 3.44. The normalized spacial score (nSPS) is 14.5. The Hall–Kier alpha value is -1.96. The lowest BCUT2D eigenvalue weighted by Gasteiger charge is -2.26. The van der Waals surface area contributed by atoms with E-state index in [1.165, 1.54) is 0 Å². The molecule has 2 heterocycles. The summed E-state index contributed by atoms with van der Waals surface area (Å²) in [5.41, 5.74) is 6.79. The molecule has 1 aromatic carbocycles. The van der Waals surface area contributed by atoms with Crippen molar-refractivity contribution in [3.63, 3.8) is 0 Å². The molecular formula is C14H17ClN4O3. The smallest absolute Gasteiger partial charge is 0.254 e. The minimum absolute atomic E-state index is 0. The van der Waals surface area contributed by atoms with Crippen LogP contribution in [0.25, 0.3) is 11.4 Å². The Balaban J connectivity index is 0.00000176. The standard InChI is InChI=1S/C14H16N4O3.ClH/c15-9-12-16-13(17-21-12)10-2-1-3-11(8-10)14(19)18-4-6-20-7-5-18;/h1-3,8H,4-7,9,15H2;1H. The van der Waals surface area contributed by atoms with Crippen molar-refractivity contribution in [2.24, 2.45) is 5.73 Å². The summed E-state index contributed by atoms with van der Waals surface area (Å²) < 4.78 is 10.2. The molecule has 2 N–H and O–H groups in total. The van der Waals surface area contributed by atoms with E-state index in [0.717, 1.165) is 5.56 Å². The summed E-state index contributed by atoms with van der Waals surface area (Å²) in [7, 11) is 0. The molecule has 118 valence electrons. The lowest BCUT2D eigenvalue weighted by molar-refractivity contribution is 0.0303. The van der Waals surface area contributed by atoms with E-state index in [4.69, 9.17) is 15.0 Å². The highest BCUT2D eigenvalue weighted by atomic mass is 35.5. The van der Waals surface area contributed by atoms with Crippen LogP contribution in [0.2, 0.25) is 0 Å². The number of halogens is 1. The van der Waals surface area contributed by atoms with Gasteiger partial charge in [0.05, 0.1) is 19.8 Å². The molecule has 7 nitrogen and oxygen atoms in total. The second-order valence-corrected chi connectivity index (χ2v) is 4.70. The monoisotopic (exact) mass is 324 g/mol. The molecule has 1 aliphatic heterocycles. The molecular weight excluding hydrogens is 308 g/mol. The van der Waals surface area contributed by atoms with Gasteiger partial charge in [0.15, 0.2) is 0 Å². The zero-order chi connectivity index (χ0) is 14.7. The number of amides is 1. The van der Waals surface area contributed by atoms with Crippen LogP contribution in [0.5, 0.6) is 0 Å². The molecule has 1 aromatic heterocycles. The van der Waals surface area contributed by atoms with E-state index in [0.29, 0.717) is 43.6 Å². The molecule has 0 atom stereocenters. The third-order valence-electron chi connectivity index (χ3n) is 3.31. The van der Waals surface area contributed by atoms with Gasteiger partial charge in [-0.3, -0.25) is 4.79 Å². The summed E-state index contributed by atoms with van der Waals surface area (Å²) in [6.07, 6.45) is 0. The van der Waals surface area contributed by atoms with Gasteiger partial charge in [-0.1, -0.05) is 17.3 Å². The summed E-state index contributed by atoms with van der Waals surface area (Å²) in [6.45, 7) is 2.58. The molecule has 22 heavy (non-hydrogen) atoms. The maximum atomic E-state index is 12.4. The highest BCUT2D eigenvalue weighted by Gasteiger charge is 2.19. The van der Waals surface area contributed by atoms with Gasteiger partial charge in [0.25, 0.3) is 5.91 Å². The lowest BCUT2D eigenvalue weighted by Crippen LogP contribution is -2.40. The van der Waals surface area contributed by atoms with Crippen molar-refractivity contribution in [1.82, 2.24) is 15.0 Å². The summed E-state index contributed by atoms with van der Waals surface area (Å²) in [6, 6.07) is 7.19. The SMILES string of the molecule is Cl.NCc1nc(-c2cccc(C(=O)N3CCOCC3)c2)no1. The third-order valence-corrected chi connectivity index (χ3v) is 3.31. The van der Waals surface area contributed by atoms with Gasteiger partial charge in [-0.25, -0.2) is 0 Å². The molecule has 1 aliphatic rings. The van der Waals surface area contributed by atoms with Gasteiger partial charge in [-0.2, -0.15) is 4.98 Å². The van der Waals surface area contributed by atoms with Crippen LogP contribution >= 0.6 is 12.4 Å². The quantitative estimate of drug-likeness (QED) is 0.908. The van der Waals surface area contributed by atoms with Crippen LogP contribution in [0.15, 0.2) is 28.8 Å². The number of morpholine rings is 1. The van der Waals surface area contributed by atoms with Crippen LogP contribution in [0.3, 0.4) is 0 Å². The zero-order valence-corrected chi connectivity index (χ0v) is 12.7. The molecule has 0 spiro atoms. The fourth-order valence-electron chi connectivity index (χ4n) is 2.20. The second-order valence-electron chi connectivity index (χ2n) is 4.70. The number of rotatable bonds is 3. The van der Waals surface area contributed by atoms with Gasteiger partial charge in [0, 0.05) is 24.2 Å². The van der Waals surface area contributed by atoms with Crippen LogP contribution in [0.1, 0.15) is 16.2 Å². The number of carbonyl (C=O) groups excluding carboxylic acids is 1. The minimum Gasteiger partial charge on any atom is -0.378 e. The van der Waals surface area contributed by atoms with Crippen molar-refractivity contribution in [3.8, 4) is 11.4 Å². The molecule has 1 fully saturated rings. The largest absolute Gasteiger partial charge is 0.378 e. The van der Waals surface area contributed by atoms with Crippen molar-refractivity contribution < 1.29 is 14.1 Å². The van der Waals surface area contributed by atoms with E-state index in [9.17, 15) is 4.79 Å². The van der Waals surface area contributed by atoms with E-state index in [1.807, 2.05) is 12.1 Å². The zero-order valence-electron chi connectivity index (χ0n) is 11.9. The van der Waals surface area contributed by atoms with Crippen LogP contribution in [-0.4, -0.2) is 47.3 Å². The van der Waals surface area contributed by atoms with E-state index in [2.05, 4.69) is 10.1 Å². The second kappa shape index (κ2) is 7.35. The predicted octanol–water partition coefficient (Wildman–Crippen LogP) is 1.09. The molecule has 2 aromatic rings. The fraction of sp³-hybridized carbons (Fsp3) is 0.357. The maximum Gasteiger partial charge on any atom is 0.254 e. The number of hydrogen-bond acceptors (Lipinski definition) is 6. The van der Waals surface area contributed by atoms with Gasteiger partial charge in [0.2, 0.25) is 11.7 Å². The average molecular weight is 325 g/mol. The lowest BCUT2D eigenvalue weighted by atomic mass is 10.1. The molecule has 8 heteroatoms. The first-order valence-electron chi connectivity index (χ1n) is 6.78. The minimum atomic E-state index is -0.0114. The Morgan fingerprint density at radius 3 is 2.77 bits per heavy atom. The Labute approximate surface area is 133 Å². The summed E-state index contributed by atoms with van der Waals surface area (Å²) in [5, 5.41) is 3.86. The van der Waals surface area contributed by atoms with Crippen molar-refractivity contribution in [2.75, 3.05) is 26.3 Å². The van der Waals surface area contributed by atoms with Gasteiger partial charge in [-0.15, -0.1) is 12.4 Å². The Morgan fingerprint density at radius 2 is 2.09 bits per heavy atom. The van der Waals surface area contributed by atoms with Gasteiger partial charge >= 0.3 is 0 Å². The summed E-state index contributed by atoms with van der Waals surface area (Å²) in [5.74, 6) is 0.796. The van der Waals surface area contributed by atoms with Gasteiger partial charge in [0.1, 0.15) is 0 Å². The fourth-order valence-corrected chi connectivity index (χ4v) is 2.20. The predicted molar refractivity (Wildman–Crippen MR) is 81.6 cm³/mol. The number of ether oxygens (including phenoxy) is 1. The Morgan fingerprint density at radius 1 is 1.32 bits per heavy atom. The highest BCUT2D eigenvalue weighted by molar-refractivity contribution is 5.95. The van der Waals surface area contributed by atoms with Crippen molar-refractivity contribution in [2.45, 2.75) is 6.54 Å². The van der Waals surface area contributed by atoms with E-state index < -0.39 is 0 Å². The molecule has 0 bridgehead atoms. The first-order chi connectivity index (χ1) is 10.3. The Kier molecular flexibility index (Phi) is 5.48. The van der Waals surface area contributed by atoms with Crippen molar-refractivity contribution in [1.29, 1.82) is 0 Å². The highest BCUT2D eigenvalue weighted by Crippen LogP contribution is 2.18. The average Bonchev–Trinajstić information content (AvgIpc) is 3.04. The number of hydrogen-bond donors (Lipinski definition) is 1. The van der Waals surface area contributed by atoms with E-state index in [-0.39, 0.29) is 24.9 Å². The number of carbonyl (C=O) groups is 1. The summed E-state index contributed by atoms with van der Waals surface area (Å²) in [4.78, 5) is 18.4. The maximum absolute atomic E-state index is 12.4. The van der Waals surface area contributed by atoms with Crippen molar-refractivity contribution in [3.05, 3.63) is 35.7 Å².